The number of hydrogen-bond donors (Lipinski definition) is 1. The largest absolute Gasteiger partial charge is 0.437 e. The quantitative estimate of drug-likeness (QED) is 0.397. The van der Waals surface area contributed by atoms with E-state index < -0.39 is 27.6 Å². The Labute approximate surface area is 101 Å². The van der Waals surface area contributed by atoms with Gasteiger partial charge >= 0.3 is 16.3 Å². The molecule has 0 radical (unpaired) electrons. The van der Waals surface area contributed by atoms with E-state index in [1.807, 2.05) is 0 Å². The van der Waals surface area contributed by atoms with Crippen molar-refractivity contribution in [3.8, 4) is 5.75 Å². The van der Waals surface area contributed by atoms with E-state index >= 15 is 0 Å². The van der Waals surface area contributed by atoms with Crippen molar-refractivity contribution in [1.82, 2.24) is 0 Å². The Morgan fingerprint density at radius 2 is 1.78 bits per heavy atom. The molecular formula is C9H8F3NO4S. The number of benzene rings is 1. The fourth-order valence-corrected chi connectivity index (χ4v) is 1.58. The van der Waals surface area contributed by atoms with Crippen LogP contribution < -0.4 is 4.18 Å². The lowest BCUT2D eigenvalue weighted by molar-refractivity contribution is -0.0601. The number of halogens is 3. The third-order valence-corrected chi connectivity index (χ3v) is 2.24. The zero-order valence-corrected chi connectivity index (χ0v) is 9.79. The molecule has 0 unspecified atom stereocenters. The summed E-state index contributed by atoms with van der Waals surface area (Å²) >= 11 is 0. The molecule has 1 aromatic carbocycles. The highest BCUT2D eigenvalue weighted by Crippen LogP contribution is 2.24. The summed E-state index contributed by atoms with van der Waals surface area (Å²) in [7, 11) is -3.75. The third kappa shape index (κ3) is 3.91. The molecule has 1 rings (SSSR count). The van der Waals surface area contributed by atoms with Crippen LogP contribution in [0, 0.1) is 0 Å². The maximum Gasteiger partial charge on any atom is 0.437 e. The van der Waals surface area contributed by atoms with Gasteiger partial charge in [-0.2, -0.15) is 21.6 Å². The van der Waals surface area contributed by atoms with E-state index in [4.69, 9.17) is 5.21 Å². The van der Waals surface area contributed by atoms with Gasteiger partial charge in [0.25, 0.3) is 0 Å². The molecule has 0 atom stereocenters. The number of oxime groups is 1. The average molecular weight is 283 g/mol. The van der Waals surface area contributed by atoms with Crippen LogP contribution in [0.5, 0.6) is 5.75 Å². The Hall–Kier alpha value is -1.77. The van der Waals surface area contributed by atoms with Gasteiger partial charge < -0.3 is 9.39 Å². The molecule has 5 nitrogen and oxygen atoms in total. The molecule has 0 aliphatic carbocycles. The molecule has 0 aliphatic rings. The first kappa shape index (κ1) is 14.3. The van der Waals surface area contributed by atoms with Crippen LogP contribution in [0.15, 0.2) is 29.4 Å². The predicted molar refractivity (Wildman–Crippen MR) is 56.3 cm³/mol. The molecule has 1 N–H and O–H groups in total. The van der Waals surface area contributed by atoms with Crippen LogP contribution in [0.3, 0.4) is 0 Å². The second-order valence-electron chi connectivity index (χ2n) is 3.26. The van der Waals surface area contributed by atoms with Crippen molar-refractivity contribution in [2.75, 3.05) is 6.26 Å². The Balaban J connectivity index is 3.03. The zero-order valence-electron chi connectivity index (χ0n) is 8.97. The number of nitrogens with zero attached hydrogens (tertiary/aromatic N) is 1. The van der Waals surface area contributed by atoms with Crippen molar-refractivity contribution < 1.29 is 31.0 Å². The van der Waals surface area contributed by atoms with Gasteiger partial charge in [-0.1, -0.05) is 5.16 Å². The molecule has 0 bridgehead atoms. The van der Waals surface area contributed by atoms with Crippen molar-refractivity contribution >= 4 is 15.8 Å². The standard InChI is InChI=1S/C9H8F3NO4S/c1-18(15,16)17-7-4-2-6(3-5-7)8(13-14)9(10,11)12/h2-5,14H,1H3. The number of hydrogen-bond acceptors (Lipinski definition) is 5. The minimum atomic E-state index is -4.81. The monoisotopic (exact) mass is 283 g/mol. The lowest BCUT2D eigenvalue weighted by Crippen LogP contribution is -2.24. The van der Waals surface area contributed by atoms with Crippen LogP contribution in [-0.4, -0.2) is 31.8 Å². The van der Waals surface area contributed by atoms with E-state index in [-0.39, 0.29) is 5.75 Å². The van der Waals surface area contributed by atoms with Crippen LogP contribution in [0.1, 0.15) is 5.56 Å². The maximum atomic E-state index is 12.4. The average Bonchev–Trinajstić information content (AvgIpc) is 2.17. The van der Waals surface area contributed by atoms with E-state index in [2.05, 4.69) is 9.34 Å². The Morgan fingerprint density at radius 1 is 1.28 bits per heavy atom. The molecule has 0 spiro atoms. The molecule has 0 aromatic heterocycles. The van der Waals surface area contributed by atoms with E-state index in [1.165, 1.54) is 0 Å². The second kappa shape index (κ2) is 4.84. The first-order valence-corrected chi connectivity index (χ1v) is 6.24. The highest BCUT2D eigenvalue weighted by molar-refractivity contribution is 7.86. The molecule has 0 aliphatic heterocycles. The summed E-state index contributed by atoms with van der Waals surface area (Å²) in [5.41, 5.74) is -1.89. The first-order valence-electron chi connectivity index (χ1n) is 4.42. The third-order valence-electron chi connectivity index (χ3n) is 1.74. The van der Waals surface area contributed by atoms with E-state index in [9.17, 15) is 21.6 Å². The summed E-state index contributed by atoms with van der Waals surface area (Å²) < 4.78 is 63.1. The van der Waals surface area contributed by atoms with Gasteiger partial charge in [-0.05, 0) is 24.3 Å². The van der Waals surface area contributed by atoms with Crippen LogP contribution in [-0.2, 0) is 10.1 Å². The summed E-state index contributed by atoms with van der Waals surface area (Å²) in [6.07, 6.45) is -4.01. The van der Waals surface area contributed by atoms with Gasteiger partial charge in [0.1, 0.15) is 5.75 Å². The van der Waals surface area contributed by atoms with E-state index in [1.54, 1.807) is 0 Å². The molecule has 18 heavy (non-hydrogen) atoms. The molecule has 0 amide bonds. The minimum absolute atomic E-state index is 0.138. The zero-order chi connectivity index (χ0) is 14.0. The SMILES string of the molecule is CS(=O)(=O)Oc1ccc(C(=NO)C(F)(F)F)cc1. The van der Waals surface area contributed by atoms with E-state index in [0.717, 1.165) is 30.5 Å². The lowest BCUT2D eigenvalue weighted by Gasteiger charge is -2.09. The Bertz CT molecular complexity index is 548. The van der Waals surface area contributed by atoms with Crippen molar-refractivity contribution in [3.05, 3.63) is 29.8 Å². The summed E-state index contributed by atoms with van der Waals surface area (Å²) in [6, 6.07) is 3.91. The number of rotatable bonds is 3. The van der Waals surface area contributed by atoms with Crippen molar-refractivity contribution in [2.24, 2.45) is 5.16 Å². The normalized spacial score (nSPS) is 13.4. The predicted octanol–water partition coefficient (Wildman–Crippen LogP) is 1.77. The smallest absolute Gasteiger partial charge is 0.410 e. The van der Waals surface area contributed by atoms with Crippen LogP contribution in [0.25, 0.3) is 0 Å². The van der Waals surface area contributed by atoms with E-state index in [0.29, 0.717) is 0 Å². The van der Waals surface area contributed by atoms with Crippen molar-refractivity contribution in [1.29, 1.82) is 0 Å². The van der Waals surface area contributed by atoms with Gasteiger partial charge in [0, 0.05) is 5.56 Å². The van der Waals surface area contributed by atoms with Crippen LogP contribution in [0.2, 0.25) is 0 Å². The van der Waals surface area contributed by atoms with Crippen LogP contribution >= 0.6 is 0 Å². The minimum Gasteiger partial charge on any atom is -0.410 e. The maximum absolute atomic E-state index is 12.4. The topological polar surface area (TPSA) is 76.0 Å². The Kier molecular flexibility index (Phi) is 3.85. The van der Waals surface area contributed by atoms with Gasteiger partial charge in [0.2, 0.25) is 0 Å². The highest BCUT2D eigenvalue weighted by atomic mass is 32.2. The molecule has 9 heteroatoms. The second-order valence-corrected chi connectivity index (χ2v) is 4.83. The van der Waals surface area contributed by atoms with Gasteiger partial charge in [-0.25, -0.2) is 0 Å². The molecule has 0 saturated heterocycles. The summed E-state index contributed by atoms with van der Waals surface area (Å²) in [6.45, 7) is 0. The van der Waals surface area contributed by atoms with Gasteiger partial charge in [0.05, 0.1) is 6.26 Å². The molecule has 100 valence electrons. The summed E-state index contributed by atoms with van der Waals surface area (Å²) in [5.74, 6) is -0.138. The first-order chi connectivity index (χ1) is 8.13. The molecular weight excluding hydrogens is 275 g/mol. The summed E-state index contributed by atoms with van der Waals surface area (Å²) in [5, 5.41) is 10.5. The van der Waals surface area contributed by atoms with Gasteiger partial charge in [-0.3, -0.25) is 0 Å². The lowest BCUT2D eigenvalue weighted by atomic mass is 10.1. The summed E-state index contributed by atoms with van der Waals surface area (Å²) in [4.78, 5) is 0. The number of alkyl halides is 3. The Morgan fingerprint density at radius 3 is 2.11 bits per heavy atom. The van der Waals surface area contributed by atoms with Crippen LogP contribution in [0.4, 0.5) is 13.2 Å². The van der Waals surface area contributed by atoms with Gasteiger partial charge in [-0.15, -0.1) is 0 Å². The molecule has 0 fully saturated rings. The fourth-order valence-electron chi connectivity index (χ4n) is 1.12. The molecule has 1 aromatic rings. The van der Waals surface area contributed by atoms with Gasteiger partial charge in [0.15, 0.2) is 5.71 Å². The highest BCUT2D eigenvalue weighted by Gasteiger charge is 2.37. The fraction of sp³-hybridized carbons (Fsp3) is 0.222. The molecule has 0 heterocycles. The van der Waals surface area contributed by atoms with Crippen molar-refractivity contribution in [2.45, 2.75) is 6.18 Å². The van der Waals surface area contributed by atoms with Crippen molar-refractivity contribution in [3.63, 3.8) is 0 Å². The molecule has 0 saturated carbocycles.